The van der Waals surface area contributed by atoms with Crippen molar-refractivity contribution in [1.82, 2.24) is 0 Å². The zero-order valence-electron chi connectivity index (χ0n) is 9.37. The van der Waals surface area contributed by atoms with E-state index >= 15 is 0 Å². The largest absolute Gasteiger partial charge is 0.381 e. The average Bonchev–Trinajstić information content (AvgIpc) is 2.24. The van der Waals surface area contributed by atoms with Crippen molar-refractivity contribution in [2.24, 2.45) is 5.73 Å². The van der Waals surface area contributed by atoms with Gasteiger partial charge in [0, 0.05) is 17.8 Å². The van der Waals surface area contributed by atoms with Gasteiger partial charge in [-0.05, 0) is 31.4 Å². The van der Waals surface area contributed by atoms with Crippen molar-refractivity contribution >= 4 is 5.69 Å². The molecule has 0 amide bonds. The molecular weight excluding hydrogens is 184 g/mol. The van der Waals surface area contributed by atoms with Crippen LogP contribution in [0.5, 0.6) is 0 Å². The van der Waals surface area contributed by atoms with Crippen LogP contribution in [0, 0.1) is 6.92 Å². The van der Waals surface area contributed by atoms with Crippen LogP contribution in [0.15, 0.2) is 24.3 Å². The molecule has 2 rings (SSSR count). The molecule has 2 atom stereocenters. The van der Waals surface area contributed by atoms with Crippen LogP contribution < -0.4 is 11.1 Å². The van der Waals surface area contributed by atoms with Crippen LogP contribution in [0.25, 0.3) is 0 Å². The van der Waals surface area contributed by atoms with Crippen LogP contribution in [0.2, 0.25) is 0 Å². The van der Waals surface area contributed by atoms with Crippen molar-refractivity contribution in [3.05, 3.63) is 29.8 Å². The number of aryl methyl sites for hydroxylation is 1. The van der Waals surface area contributed by atoms with E-state index in [4.69, 9.17) is 5.73 Å². The second-order valence-electron chi connectivity index (χ2n) is 4.51. The second-order valence-corrected chi connectivity index (χ2v) is 4.51. The lowest BCUT2D eigenvalue weighted by Gasteiger charge is -2.30. The van der Waals surface area contributed by atoms with Crippen molar-refractivity contribution in [3.63, 3.8) is 0 Å². The molecule has 1 aromatic carbocycles. The Kier molecular flexibility index (Phi) is 3.27. The van der Waals surface area contributed by atoms with Gasteiger partial charge in [-0.25, -0.2) is 0 Å². The van der Waals surface area contributed by atoms with Gasteiger partial charge >= 0.3 is 0 Å². The molecule has 1 fully saturated rings. The second kappa shape index (κ2) is 4.67. The van der Waals surface area contributed by atoms with Gasteiger partial charge in [0.15, 0.2) is 0 Å². The third-order valence-corrected chi connectivity index (χ3v) is 3.31. The number of anilines is 1. The summed E-state index contributed by atoms with van der Waals surface area (Å²) in [4.78, 5) is 0. The number of nitrogens with two attached hydrogens (primary N) is 1. The molecule has 0 spiro atoms. The van der Waals surface area contributed by atoms with Gasteiger partial charge in [0.2, 0.25) is 0 Å². The predicted molar refractivity (Wildman–Crippen MR) is 65.0 cm³/mol. The van der Waals surface area contributed by atoms with Gasteiger partial charge in [-0.3, -0.25) is 0 Å². The number of hydrogen-bond donors (Lipinski definition) is 2. The summed E-state index contributed by atoms with van der Waals surface area (Å²) in [7, 11) is 0. The molecule has 0 heterocycles. The monoisotopic (exact) mass is 204 g/mol. The van der Waals surface area contributed by atoms with Crippen LogP contribution >= 0.6 is 0 Å². The predicted octanol–water partition coefficient (Wildman–Crippen LogP) is 2.68. The van der Waals surface area contributed by atoms with E-state index in [0.717, 1.165) is 6.42 Å². The number of nitrogens with one attached hydrogen (secondary N) is 1. The van der Waals surface area contributed by atoms with E-state index < -0.39 is 0 Å². The molecule has 0 aromatic heterocycles. The van der Waals surface area contributed by atoms with Gasteiger partial charge < -0.3 is 11.1 Å². The van der Waals surface area contributed by atoms with Crippen molar-refractivity contribution in [2.75, 3.05) is 5.32 Å². The molecule has 0 bridgehead atoms. The van der Waals surface area contributed by atoms with Crippen LogP contribution in [0.3, 0.4) is 0 Å². The van der Waals surface area contributed by atoms with Crippen molar-refractivity contribution in [2.45, 2.75) is 44.7 Å². The molecular formula is C13H20N2. The maximum absolute atomic E-state index is 6.11. The van der Waals surface area contributed by atoms with Gasteiger partial charge in [-0.15, -0.1) is 0 Å². The third-order valence-electron chi connectivity index (χ3n) is 3.31. The minimum atomic E-state index is 0.318. The third kappa shape index (κ3) is 2.51. The molecule has 15 heavy (non-hydrogen) atoms. The SMILES string of the molecule is Cc1ccccc1N[C@H]1CCCC[C@@H]1N. The number of hydrogen-bond acceptors (Lipinski definition) is 2. The zero-order valence-corrected chi connectivity index (χ0v) is 9.37. The van der Waals surface area contributed by atoms with Crippen molar-refractivity contribution in [3.8, 4) is 0 Å². The Morgan fingerprint density at radius 2 is 1.93 bits per heavy atom. The van der Waals surface area contributed by atoms with Gasteiger partial charge in [-0.2, -0.15) is 0 Å². The zero-order chi connectivity index (χ0) is 10.7. The molecule has 0 saturated heterocycles. The summed E-state index contributed by atoms with van der Waals surface area (Å²) in [6.07, 6.45) is 4.95. The minimum Gasteiger partial charge on any atom is -0.381 e. The Hall–Kier alpha value is -1.02. The van der Waals surface area contributed by atoms with Crippen LogP contribution in [0.1, 0.15) is 31.2 Å². The van der Waals surface area contributed by atoms with Crippen LogP contribution in [0.4, 0.5) is 5.69 Å². The lowest BCUT2D eigenvalue weighted by molar-refractivity contribution is 0.404. The van der Waals surface area contributed by atoms with Gasteiger partial charge in [0.25, 0.3) is 0 Å². The fraction of sp³-hybridized carbons (Fsp3) is 0.538. The molecule has 82 valence electrons. The summed E-state index contributed by atoms with van der Waals surface area (Å²) in [5, 5.41) is 3.57. The standard InChI is InChI=1S/C13H20N2/c1-10-6-2-4-8-12(10)15-13-9-5-3-7-11(13)14/h2,4,6,8,11,13,15H,3,5,7,9,14H2,1H3/t11-,13-/m0/s1. The number of rotatable bonds is 2. The quantitative estimate of drug-likeness (QED) is 0.777. The number of para-hydroxylation sites is 1. The molecule has 0 radical (unpaired) electrons. The molecule has 2 nitrogen and oxygen atoms in total. The Morgan fingerprint density at radius 3 is 2.67 bits per heavy atom. The minimum absolute atomic E-state index is 0.318. The molecule has 1 aliphatic carbocycles. The molecule has 1 aliphatic rings. The highest BCUT2D eigenvalue weighted by Crippen LogP contribution is 2.22. The topological polar surface area (TPSA) is 38.0 Å². The first-order valence-electron chi connectivity index (χ1n) is 5.85. The highest BCUT2D eigenvalue weighted by atomic mass is 15.0. The summed E-state index contributed by atoms with van der Waals surface area (Å²) in [6.45, 7) is 2.14. The van der Waals surface area contributed by atoms with E-state index in [1.807, 2.05) is 0 Å². The summed E-state index contributed by atoms with van der Waals surface area (Å²) < 4.78 is 0. The van der Waals surface area contributed by atoms with Crippen molar-refractivity contribution < 1.29 is 0 Å². The maximum Gasteiger partial charge on any atom is 0.0412 e. The average molecular weight is 204 g/mol. The lowest BCUT2D eigenvalue weighted by atomic mass is 9.90. The molecule has 0 unspecified atom stereocenters. The van der Waals surface area contributed by atoms with Gasteiger partial charge in [-0.1, -0.05) is 31.0 Å². The summed E-state index contributed by atoms with van der Waals surface area (Å²) in [5.41, 5.74) is 8.65. The maximum atomic E-state index is 6.11. The van der Waals surface area contributed by atoms with E-state index in [1.165, 1.54) is 30.5 Å². The first-order chi connectivity index (χ1) is 7.27. The Bertz CT molecular complexity index is 322. The molecule has 1 aromatic rings. The van der Waals surface area contributed by atoms with E-state index in [1.54, 1.807) is 0 Å². The fourth-order valence-corrected chi connectivity index (χ4v) is 2.27. The first-order valence-corrected chi connectivity index (χ1v) is 5.85. The smallest absolute Gasteiger partial charge is 0.0412 e. The Balaban J connectivity index is 2.04. The summed E-state index contributed by atoms with van der Waals surface area (Å²) in [5.74, 6) is 0. The summed E-state index contributed by atoms with van der Waals surface area (Å²) in [6, 6.07) is 9.19. The van der Waals surface area contributed by atoms with Crippen molar-refractivity contribution in [1.29, 1.82) is 0 Å². The Labute approximate surface area is 91.9 Å². The van der Waals surface area contributed by atoms with E-state index in [-0.39, 0.29) is 0 Å². The summed E-state index contributed by atoms with van der Waals surface area (Å²) >= 11 is 0. The normalized spacial score (nSPS) is 26.3. The lowest BCUT2D eigenvalue weighted by Crippen LogP contribution is -2.42. The highest BCUT2D eigenvalue weighted by molar-refractivity contribution is 5.51. The first kappa shape index (κ1) is 10.5. The van der Waals surface area contributed by atoms with Crippen LogP contribution in [-0.2, 0) is 0 Å². The molecule has 3 N–H and O–H groups in total. The molecule has 2 heteroatoms. The molecule has 0 aliphatic heterocycles. The van der Waals surface area contributed by atoms with E-state index in [0.29, 0.717) is 12.1 Å². The fourth-order valence-electron chi connectivity index (χ4n) is 2.27. The van der Waals surface area contributed by atoms with Gasteiger partial charge in [0.1, 0.15) is 0 Å². The molecule has 1 saturated carbocycles. The van der Waals surface area contributed by atoms with Gasteiger partial charge in [0.05, 0.1) is 0 Å². The number of benzene rings is 1. The van der Waals surface area contributed by atoms with E-state index in [9.17, 15) is 0 Å². The Morgan fingerprint density at radius 1 is 1.20 bits per heavy atom. The van der Waals surface area contributed by atoms with E-state index in [2.05, 4.69) is 36.5 Å². The highest BCUT2D eigenvalue weighted by Gasteiger charge is 2.21. The van der Waals surface area contributed by atoms with Crippen LogP contribution in [-0.4, -0.2) is 12.1 Å².